The maximum absolute atomic E-state index is 5.76. The molecule has 0 unspecified atom stereocenters. The maximum Gasteiger partial charge on any atom is 0.118 e. The highest BCUT2D eigenvalue weighted by Crippen LogP contribution is 2.23. The monoisotopic (exact) mass is 220 g/mol. The normalized spacial score (nSPS) is 25.9. The lowest BCUT2D eigenvalue weighted by Crippen LogP contribution is -2.49. The minimum absolute atomic E-state index is 0.378. The first-order valence-corrected chi connectivity index (χ1v) is 5.84. The summed E-state index contributed by atoms with van der Waals surface area (Å²) >= 11 is 0. The van der Waals surface area contributed by atoms with Gasteiger partial charge in [0, 0.05) is 18.1 Å². The molecule has 1 aromatic rings. The van der Waals surface area contributed by atoms with E-state index in [2.05, 4.69) is 24.4 Å². The third-order valence-corrected chi connectivity index (χ3v) is 3.28. The smallest absolute Gasteiger partial charge is 0.118 e. The van der Waals surface area contributed by atoms with Gasteiger partial charge >= 0.3 is 0 Å². The first-order chi connectivity index (χ1) is 7.69. The van der Waals surface area contributed by atoms with Crippen molar-refractivity contribution >= 4 is 0 Å². The second kappa shape index (κ2) is 4.85. The van der Waals surface area contributed by atoms with E-state index >= 15 is 0 Å². The fourth-order valence-corrected chi connectivity index (χ4v) is 2.14. The molecule has 0 aromatic heterocycles. The van der Waals surface area contributed by atoms with Crippen LogP contribution >= 0.6 is 0 Å². The van der Waals surface area contributed by atoms with Crippen LogP contribution < -0.4 is 15.8 Å². The van der Waals surface area contributed by atoms with Gasteiger partial charge in [-0.1, -0.05) is 12.1 Å². The predicted molar refractivity (Wildman–Crippen MR) is 65.5 cm³/mol. The molecule has 3 N–H and O–H groups in total. The van der Waals surface area contributed by atoms with Crippen LogP contribution in [0.15, 0.2) is 24.3 Å². The molecule has 1 aliphatic carbocycles. The number of hydrogen-bond acceptors (Lipinski definition) is 3. The van der Waals surface area contributed by atoms with E-state index < -0.39 is 0 Å². The molecule has 0 heterocycles. The van der Waals surface area contributed by atoms with Gasteiger partial charge in [-0.05, 0) is 37.5 Å². The number of nitrogens with one attached hydrogen (secondary N) is 1. The third-order valence-electron chi connectivity index (χ3n) is 3.28. The number of ether oxygens (including phenoxy) is 1. The summed E-state index contributed by atoms with van der Waals surface area (Å²) in [6.07, 6.45) is 2.20. The van der Waals surface area contributed by atoms with Crippen LogP contribution in [0.1, 0.15) is 31.4 Å². The fraction of sp³-hybridized carbons (Fsp3) is 0.538. The highest BCUT2D eigenvalue weighted by molar-refractivity contribution is 5.28. The Bertz CT molecular complexity index is 330. The SMILES string of the molecule is COc1ccc([C@@H](C)NC2CC(N)C2)cc1. The van der Waals surface area contributed by atoms with E-state index in [0.29, 0.717) is 18.1 Å². The largest absolute Gasteiger partial charge is 0.497 e. The standard InChI is InChI=1S/C13H20N2O/c1-9(15-12-7-11(14)8-12)10-3-5-13(16-2)6-4-10/h3-6,9,11-12,15H,7-8,14H2,1-2H3/t9-,11?,12?/m1/s1. The Kier molecular flexibility index (Phi) is 3.46. The van der Waals surface area contributed by atoms with E-state index in [-0.39, 0.29) is 0 Å². The van der Waals surface area contributed by atoms with E-state index in [1.165, 1.54) is 5.56 Å². The quantitative estimate of drug-likeness (QED) is 0.814. The van der Waals surface area contributed by atoms with Crippen LogP contribution in [-0.2, 0) is 0 Å². The lowest BCUT2D eigenvalue weighted by Gasteiger charge is -2.35. The number of rotatable bonds is 4. The van der Waals surface area contributed by atoms with Crippen LogP contribution in [0.3, 0.4) is 0 Å². The van der Waals surface area contributed by atoms with Crippen LogP contribution in [0.4, 0.5) is 0 Å². The van der Waals surface area contributed by atoms with Gasteiger partial charge in [-0.15, -0.1) is 0 Å². The summed E-state index contributed by atoms with van der Waals surface area (Å²) < 4.78 is 5.14. The van der Waals surface area contributed by atoms with Crippen LogP contribution in [0, 0.1) is 0 Å². The van der Waals surface area contributed by atoms with Crippen LogP contribution in [0.2, 0.25) is 0 Å². The first kappa shape index (κ1) is 11.4. The van der Waals surface area contributed by atoms with Gasteiger partial charge in [0.15, 0.2) is 0 Å². The lowest BCUT2D eigenvalue weighted by atomic mass is 9.87. The zero-order chi connectivity index (χ0) is 11.5. The zero-order valence-electron chi connectivity index (χ0n) is 9.94. The first-order valence-electron chi connectivity index (χ1n) is 5.84. The molecule has 0 bridgehead atoms. The van der Waals surface area contributed by atoms with Gasteiger partial charge in [-0.2, -0.15) is 0 Å². The van der Waals surface area contributed by atoms with Crippen LogP contribution in [0.25, 0.3) is 0 Å². The Morgan fingerprint density at radius 1 is 1.31 bits per heavy atom. The molecule has 0 radical (unpaired) electrons. The van der Waals surface area contributed by atoms with E-state index in [1.807, 2.05) is 12.1 Å². The molecule has 1 aromatic carbocycles. The van der Waals surface area contributed by atoms with E-state index in [1.54, 1.807) is 7.11 Å². The average molecular weight is 220 g/mol. The Morgan fingerprint density at radius 3 is 2.44 bits per heavy atom. The Labute approximate surface area is 97.0 Å². The number of nitrogens with two attached hydrogens (primary N) is 1. The lowest BCUT2D eigenvalue weighted by molar-refractivity contribution is 0.272. The van der Waals surface area contributed by atoms with Crippen molar-refractivity contribution in [1.82, 2.24) is 5.32 Å². The fourth-order valence-electron chi connectivity index (χ4n) is 2.14. The molecular formula is C13H20N2O. The Hall–Kier alpha value is -1.06. The predicted octanol–water partition coefficient (Wildman–Crippen LogP) is 1.84. The molecular weight excluding hydrogens is 200 g/mol. The van der Waals surface area contributed by atoms with Crippen molar-refractivity contribution < 1.29 is 4.74 Å². The topological polar surface area (TPSA) is 47.3 Å². The third kappa shape index (κ3) is 2.54. The van der Waals surface area contributed by atoms with E-state index in [9.17, 15) is 0 Å². The molecule has 1 atom stereocenters. The van der Waals surface area contributed by atoms with Crippen LogP contribution in [0.5, 0.6) is 5.75 Å². The molecule has 0 saturated heterocycles. The zero-order valence-corrected chi connectivity index (χ0v) is 9.94. The molecule has 2 rings (SSSR count). The second-order valence-corrected chi connectivity index (χ2v) is 4.59. The van der Waals surface area contributed by atoms with Crippen molar-refractivity contribution in [1.29, 1.82) is 0 Å². The summed E-state index contributed by atoms with van der Waals surface area (Å²) in [5.41, 5.74) is 7.06. The Balaban J connectivity index is 1.90. The number of hydrogen-bond donors (Lipinski definition) is 2. The highest BCUT2D eigenvalue weighted by Gasteiger charge is 2.26. The number of benzene rings is 1. The molecule has 3 heteroatoms. The summed E-state index contributed by atoms with van der Waals surface area (Å²) in [6.45, 7) is 2.19. The molecule has 88 valence electrons. The molecule has 16 heavy (non-hydrogen) atoms. The minimum Gasteiger partial charge on any atom is -0.497 e. The van der Waals surface area contributed by atoms with Crippen molar-refractivity contribution in [3.63, 3.8) is 0 Å². The van der Waals surface area contributed by atoms with Gasteiger partial charge in [0.2, 0.25) is 0 Å². The molecule has 1 aliphatic rings. The van der Waals surface area contributed by atoms with Crippen LogP contribution in [-0.4, -0.2) is 19.2 Å². The second-order valence-electron chi connectivity index (χ2n) is 4.59. The Morgan fingerprint density at radius 2 is 1.94 bits per heavy atom. The highest BCUT2D eigenvalue weighted by atomic mass is 16.5. The van der Waals surface area contributed by atoms with E-state index in [0.717, 1.165) is 18.6 Å². The van der Waals surface area contributed by atoms with Crippen molar-refractivity contribution in [3.8, 4) is 5.75 Å². The summed E-state index contributed by atoms with van der Waals surface area (Å²) in [5.74, 6) is 0.904. The number of methoxy groups -OCH3 is 1. The van der Waals surface area contributed by atoms with E-state index in [4.69, 9.17) is 10.5 Å². The molecule has 3 nitrogen and oxygen atoms in total. The molecule has 0 amide bonds. The summed E-state index contributed by atoms with van der Waals surface area (Å²) in [7, 11) is 1.69. The molecule has 1 fully saturated rings. The van der Waals surface area contributed by atoms with Crippen molar-refractivity contribution in [2.45, 2.75) is 37.9 Å². The molecule has 0 aliphatic heterocycles. The molecule has 1 saturated carbocycles. The van der Waals surface area contributed by atoms with Gasteiger partial charge in [-0.25, -0.2) is 0 Å². The summed E-state index contributed by atoms with van der Waals surface area (Å²) in [5, 5.41) is 3.58. The molecule has 0 spiro atoms. The van der Waals surface area contributed by atoms with Crippen molar-refractivity contribution in [2.24, 2.45) is 5.73 Å². The van der Waals surface area contributed by atoms with Gasteiger partial charge in [-0.3, -0.25) is 0 Å². The average Bonchev–Trinajstić information content (AvgIpc) is 2.27. The van der Waals surface area contributed by atoms with Crippen molar-refractivity contribution in [3.05, 3.63) is 29.8 Å². The van der Waals surface area contributed by atoms with Gasteiger partial charge in [0.25, 0.3) is 0 Å². The van der Waals surface area contributed by atoms with Gasteiger partial charge in [0.1, 0.15) is 5.75 Å². The van der Waals surface area contributed by atoms with Crippen molar-refractivity contribution in [2.75, 3.05) is 7.11 Å². The van der Waals surface area contributed by atoms with Gasteiger partial charge in [0.05, 0.1) is 7.11 Å². The summed E-state index contributed by atoms with van der Waals surface area (Å²) in [4.78, 5) is 0. The van der Waals surface area contributed by atoms with Gasteiger partial charge < -0.3 is 15.8 Å². The summed E-state index contributed by atoms with van der Waals surface area (Å²) in [6, 6.07) is 9.58. The minimum atomic E-state index is 0.378. The maximum atomic E-state index is 5.76.